The van der Waals surface area contributed by atoms with Crippen LogP contribution in [0.1, 0.15) is 15.8 Å². The zero-order chi connectivity index (χ0) is 10.7. The predicted molar refractivity (Wildman–Crippen MR) is 63.2 cm³/mol. The van der Waals surface area contributed by atoms with E-state index >= 15 is 0 Å². The number of hydrogen-bond acceptors (Lipinski definition) is 4. The van der Waals surface area contributed by atoms with Crippen LogP contribution >= 0.6 is 11.3 Å². The molecule has 1 aliphatic rings. The molecule has 2 heterocycles. The summed E-state index contributed by atoms with van der Waals surface area (Å²) in [6.45, 7) is 6.78. The standard InChI is InChI=1S/C11H18N2OS/c1-9-2-3-11(15-9)10(12)8-13-4-6-14-7-5-13/h2-3,10H,4-8,12H2,1H3. The third kappa shape index (κ3) is 3.01. The van der Waals surface area contributed by atoms with Crippen LogP contribution in [0.15, 0.2) is 12.1 Å². The number of nitrogens with zero attached hydrogens (tertiary/aromatic N) is 1. The second-order valence-electron chi connectivity index (χ2n) is 3.97. The minimum absolute atomic E-state index is 0.154. The van der Waals surface area contributed by atoms with Crippen molar-refractivity contribution in [3.63, 3.8) is 0 Å². The molecule has 1 atom stereocenters. The Bertz CT molecular complexity index is 307. The van der Waals surface area contributed by atoms with Crippen molar-refractivity contribution < 1.29 is 4.74 Å². The van der Waals surface area contributed by atoms with E-state index in [2.05, 4.69) is 24.0 Å². The van der Waals surface area contributed by atoms with Crippen LogP contribution in [0.3, 0.4) is 0 Å². The average Bonchev–Trinajstić information content (AvgIpc) is 2.66. The summed E-state index contributed by atoms with van der Waals surface area (Å²) in [6.07, 6.45) is 0. The van der Waals surface area contributed by atoms with Gasteiger partial charge in [-0.1, -0.05) is 0 Å². The van der Waals surface area contributed by atoms with E-state index in [1.165, 1.54) is 9.75 Å². The molecule has 0 aromatic carbocycles. The lowest BCUT2D eigenvalue weighted by atomic mass is 10.2. The first-order valence-electron chi connectivity index (χ1n) is 5.38. The molecule has 4 heteroatoms. The van der Waals surface area contributed by atoms with Gasteiger partial charge in [-0.15, -0.1) is 11.3 Å². The maximum absolute atomic E-state index is 6.17. The topological polar surface area (TPSA) is 38.5 Å². The molecule has 2 N–H and O–H groups in total. The van der Waals surface area contributed by atoms with Gasteiger partial charge < -0.3 is 10.5 Å². The summed E-state index contributed by atoms with van der Waals surface area (Å²) in [5.41, 5.74) is 6.17. The van der Waals surface area contributed by atoms with Crippen LogP contribution in [-0.2, 0) is 4.74 Å². The summed E-state index contributed by atoms with van der Waals surface area (Å²) < 4.78 is 5.31. The third-order valence-electron chi connectivity index (χ3n) is 2.69. The van der Waals surface area contributed by atoms with E-state index < -0.39 is 0 Å². The smallest absolute Gasteiger partial charge is 0.0594 e. The summed E-state index contributed by atoms with van der Waals surface area (Å²) >= 11 is 1.80. The molecule has 0 spiro atoms. The van der Waals surface area contributed by atoms with Crippen LogP contribution in [0.2, 0.25) is 0 Å². The SMILES string of the molecule is Cc1ccc(C(N)CN2CCOCC2)s1. The normalized spacial score (nSPS) is 20.4. The molecule has 0 amide bonds. The number of hydrogen-bond donors (Lipinski definition) is 1. The molecule has 84 valence electrons. The lowest BCUT2D eigenvalue weighted by molar-refractivity contribution is 0.0354. The maximum atomic E-state index is 6.17. The fourth-order valence-corrected chi connectivity index (χ4v) is 2.67. The van der Waals surface area contributed by atoms with Gasteiger partial charge in [-0.3, -0.25) is 4.90 Å². The van der Waals surface area contributed by atoms with Crippen molar-refractivity contribution in [2.45, 2.75) is 13.0 Å². The van der Waals surface area contributed by atoms with E-state index in [4.69, 9.17) is 10.5 Å². The molecule has 1 aromatic rings. The lowest BCUT2D eigenvalue weighted by Crippen LogP contribution is -2.40. The van der Waals surface area contributed by atoms with Crippen molar-refractivity contribution in [2.75, 3.05) is 32.8 Å². The summed E-state index contributed by atoms with van der Waals surface area (Å²) in [5, 5.41) is 0. The largest absolute Gasteiger partial charge is 0.379 e. The second-order valence-corrected chi connectivity index (χ2v) is 5.29. The van der Waals surface area contributed by atoms with Crippen LogP contribution in [0.25, 0.3) is 0 Å². The van der Waals surface area contributed by atoms with Crippen LogP contribution in [0.5, 0.6) is 0 Å². The first-order valence-corrected chi connectivity index (χ1v) is 6.19. The molecule has 0 radical (unpaired) electrons. The number of aryl methyl sites for hydroxylation is 1. The highest BCUT2D eigenvalue weighted by molar-refractivity contribution is 7.12. The van der Waals surface area contributed by atoms with Crippen molar-refractivity contribution in [3.8, 4) is 0 Å². The maximum Gasteiger partial charge on any atom is 0.0594 e. The molecule has 1 fully saturated rings. The number of morpholine rings is 1. The van der Waals surface area contributed by atoms with Gasteiger partial charge in [0, 0.05) is 29.4 Å². The molecule has 1 unspecified atom stereocenters. The number of thiophene rings is 1. The van der Waals surface area contributed by atoms with Crippen molar-refractivity contribution in [3.05, 3.63) is 21.9 Å². The van der Waals surface area contributed by atoms with Gasteiger partial charge in [-0.05, 0) is 19.1 Å². The van der Waals surface area contributed by atoms with Crippen LogP contribution in [0, 0.1) is 6.92 Å². The van der Waals surface area contributed by atoms with Gasteiger partial charge in [-0.25, -0.2) is 0 Å². The van der Waals surface area contributed by atoms with E-state index in [0.29, 0.717) is 0 Å². The zero-order valence-electron chi connectivity index (χ0n) is 9.11. The second kappa shape index (κ2) is 5.07. The summed E-state index contributed by atoms with van der Waals surface area (Å²) in [4.78, 5) is 5.00. The Morgan fingerprint density at radius 3 is 2.80 bits per heavy atom. The van der Waals surface area contributed by atoms with E-state index in [9.17, 15) is 0 Å². The fourth-order valence-electron chi connectivity index (χ4n) is 1.80. The summed E-state index contributed by atoms with van der Waals surface area (Å²) in [6, 6.07) is 4.44. The van der Waals surface area contributed by atoms with Gasteiger partial charge in [-0.2, -0.15) is 0 Å². The van der Waals surface area contributed by atoms with Gasteiger partial charge in [0.1, 0.15) is 0 Å². The first kappa shape index (κ1) is 11.1. The molecule has 1 saturated heterocycles. The molecule has 1 aromatic heterocycles. The molecule has 3 nitrogen and oxygen atoms in total. The van der Waals surface area contributed by atoms with Gasteiger partial charge in [0.2, 0.25) is 0 Å². The lowest BCUT2D eigenvalue weighted by Gasteiger charge is -2.28. The minimum Gasteiger partial charge on any atom is -0.379 e. The monoisotopic (exact) mass is 226 g/mol. The molecule has 0 aliphatic carbocycles. The number of rotatable bonds is 3. The van der Waals surface area contributed by atoms with E-state index in [0.717, 1.165) is 32.8 Å². The van der Waals surface area contributed by atoms with Crippen molar-refractivity contribution in [2.24, 2.45) is 5.73 Å². The molecule has 2 rings (SSSR count). The molecule has 0 saturated carbocycles. The quantitative estimate of drug-likeness (QED) is 0.846. The van der Waals surface area contributed by atoms with Crippen LogP contribution in [0.4, 0.5) is 0 Å². The molecule has 15 heavy (non-hydrogen) atoms. The Kier molecular flexibility index (Phi) is 3.75. The molecular weight excluding hydrogens is 208 g/mol. The average molecular weight is 226 g/mol. The Morgan fingerprint density at radius 1 is 1.47 bits per heavy atom. The Hall–Kier alpha value is -0.420. The number of nitrogens with two attached hydrogens (primary N) is 1. The van der Waals surface area contributed by atoms with E-state index in [1.807, 2.05) is 0 Å². The van der Waals surface area contributed by atoms with Gasteiger partial charge in [0.15, 0.2) is 0 Å². The summed E-state index contributed by atoms with van der Waals surface area (Å²) in [5.74, 6) is 0. The van der Waals surface area contributed by atoms with Crippen molar-refractivity contribution in [1.29, 1.82) is 0 Å². The summed E-state index contributed by atoms with van der Waals surface area (Å²) in [7, 11) is 0. The highest BCUT2D eigenvalue weighted by atomic mass is 32.1. The molecule has 1 aliphatic heterocycles. The Labute approximate surface area is 94.8 Å². The predicted octanol–water partition coefficient (Wildman–Crippen LogP) is 1.39. The zero-order valence-corrected chi connectivity index (χ0v) is 9.93. The minimum atomic E-state index is 0.154. The Morgan fingerprint density at radius 2 is 2.20 bits per heavy atom. The first-order chi connectivity index (χ1) is 7.25. The fraction of sp³-hybridized carbons (Fsp3) is 0.636. The van der Waals surface area contributed by atoms with Crippen LogP contribution in [-0.4, -0.2) is 37.7 Å². The highest BCUT2D eigenvalue weighted by Crippen LogP contribution is 2.21. The number of ether oxygens (including phenoxy) is 1. The highest BCUT2D eigenvalue weighted by Gasteiger charge is 2.15. The van der Waals surface area contributed by atoms with E-state index in [1.54, 1.807) is 11.3 Å². The van der Waals surface area contributed by atoms with Crippen molar-refractivity contribution in [1.82, 2.24) is 4.90 Å². The Balaban J connectivity index is 1.88. The van der Waals surface area contributed by atoms with Crippen molar-refractivity contribution >= 4 is 11.3 Å². The third-order valence-corrected chi connectivity index (χ3v) is 3.82. The van der Waals surface area contributed by atoms with Gasteiger partial charge >= 0.3 is 0 Å². The van der Waals surface area contributed by atoms with E-state index in [-0.39, 0.29) is 6.04 Å². The van der Waals surface area contributed by atoms with Gasteiger partial charge in [0.25, 0.3) is 0 Å². The molecular formula is C11H18N2OS. The van der Waals surface area contributed by atoms with Crippen LogP contribution < -0.4 is 5.73 Å². The molecule has 0 bridgehead atoms. The van der Waals surface area contributed by atoms with Gasteiger partial charge in [0.05, 0.1) is 19.3 Å².